The lowest BCUT2D eigenvalue weighted by atomic mass is 9.97. The van der Waals surface area contributed by atoms with Gasteiger partial charge in [0.25, 0.3) is 0 Å². The Bertz CT molecular complexity index is 750. The fourth-order valence-electron chi connectivity index (χ4n) is 2.33. The van der Waals surface area contributed by atoms with Crippen molar-refractivity contribution < 1.29 is 13.5 Å². The minimum atomic E-state index is -3.23. The third kappa shape index (κ3) is 4.66. The Hall–Kier alpha value is -1.69. The van der Waals surface area contributed by atoms with E-state index in [1.807, 2.05) is 55.5 Å². The van der Waals surface area contributed by atoms with Gasteiger partial charge in [-0.3, -0.25) is 0 Å². The van der Waals surface area contributed by atoms with Crippen LogP contribution in [0.1, 0.15) is 37.8 Å². The molecule has 0 amide bonds. The molecule has 2 aromatic rings. The molecule has 0 fully saturated rings. The van der Waals surface area contributed by atoms with Gasteiger partial charge in [0.15, 0.2) is 0 Å². The Kier molecular flexibility index (Phi) is 6.15. The Morgan fingerprint density at radius 3 is 1.88 bits per heavy atom. The van der Waals surface area contributed by atoms with Crippen LogP contribution in [0.4, 0.5) is 0 Å². The first kappa shape index (κ1) is 18.6. The quantitative estimate of drug-likeness (QED) is 0.808. The maximum Gasteiger partial charge on any atom is 0.213 e. The largest absolute Gasteiger partial charge is 0.392 e. The van der Waals surface area contributed by atoms with Crippen molar-refractivity contribution in [1.82, 2.24) is 4.72 Å². The lowest BCUT2D eigenvalue weighted by Gasteiger charge is -2.15. The molecular weight excluding hydrogens is 322 g/mol. The van der Waals surface area contributed by atoms with E-state index in [4.69, 9.17) is 5.11 Å². The van der Waals surface area contributed by atoms with E-state index in [-0.39, 0.29) is 12.5 Å². The van der Waals surface area contributed by atoms with Crippen molar-refractivity contribution in [3.05, 3.63) is 59.7 Å². The summed E-state index contributed by atoms with van der Waals surface area (Å²) in [6.07, 6.45) is 0. The summed E-state index contributed by atoms with van der Waals surface area (Å²) in [6, 6.07) is 15.9. The average molecular weight is 347 g/mol. The van der Waals surface area contributed by atoms with Crippen LogP contribution in [0.15, 0.2) is 48.5 Å². The van der Waals surface area contributed by atoms with Gasteiger partial charge in [-0.1, -0.05) is 55.5 Å². The predicted molar refractivity (Wildman–Crippen MR) is 98.3 cm³/mol. The van der Waals surface area contributed by atoms with Crippen molar-refractivity contribution in [2.45, 2.75) is 38.5 Å². The molecule has 1 atom stereocenters. The van der Waals surface area contributed by atoms with Crippen molar-refractivity contribution >= 4 is 10.0 Å². The van der Waals surface area contributed by atoms with E-state index in [1.54, 1.807) is 13.8 Å². The maximum atomic E-state index is 11.8. The maximum absolute atomic E-state index is 11.8. The van der Waals surface area contributed by atoms with Gasteiger partial charge < -0.3 is 5.11 Å². The highest BCUT2D eigenvalue weighted by Gasteiger charge is 2.17. The molecule has 0 bridgehead atoms. The molecule has 0 radical (unpaired) electrons. The van der Waals surface area contributed by atoms with E-state index < -0.39 is 15.3 Å². The fraction of sp³-hybridized carbons (Fsp3) is 0.368. The van der Waals surface area contributed by atoms with Gasteiger partial charge in [0.1, 0.15) is 0 Å². The summed E-state index contributed by atoms with van der Waals surface area (Å²) in [6.45, 7) is 5.79. The zero-order chi connectivity index (χ0) is 17.7. The number of hydrogen-bond acceptors (Lipinski definition) is 3. The number of aliphatic hydroxyl groups is 1. The number of sulfonamides is 1. The first-order valence-electron chi connectivity index (χ1n) is 8.12. The highest BCUT2D eigenvalue weighted by Crippen LogP contribution is 2.23. The summed E-state index contributed by atoms with van der Waals surface area (Å²) in [5, 5.41) is 8.67. The first-order chi connectivity index (χ1) is 11.3. The number of rotatable bonds is 7. The number of benzene rings is 2. The summed E-state index contributed by atoms with van der Waals surface area (Å²) >= 11 is 0. The zero-order valence-electron chi connectivity index (χ0n) is 14.4. The van der Waals surface area contributed by atoms with E-state index in [0.29, 0.717) is 6.54 Å². The molecular formula is C19H25NO3S. The normalized spacial score (nSPS) is 13.2. The topological polar surface area (TPSA) is 66.4 Å². The van der Waals surface area contributed by atoms with Crippen LogP contribution in [-0.4, -0.2) is 25.3 Å². The summed E-state index contributed by atoms with van der Waals surface area (Å²) in [4.78, 5) is 0. The SMILES string of the molecule is CC(CNS(=O)(=O)C(C)C)c1ccc(-c2ccc(CO)cc2)cc1. The molecule has 2 rings (SSSR count). The van der Waals surface area contributed by atoms with Crippen molar-refractivity contribution in [2.75, 3.05) is 6.54 Å². The van der Waals surface area contributed by atoms with E-state index in [1.165, 1.54) is 0 Å². The minimum absolute atomic E-state index is 0.0447. The second kappa shape index (κ2) is 7.92. The van der Waals surface area contributed by atoms with Gasteiger partial charge >= 0.3 is 0 Å². The number of nitrogens with one attached hydrogen (secondary N) is 1. The van der Waals surface area contributed by atoms with E-state index >= 15 is 0 Å². The van der Waals surface area contributed by atoms with Gasteiger partial charge in [0.2, 0.25) is 10.0 Å². The van der Waals surface area contributed by atoms with Crippen LogP contribution in [-0.2, 0) is 16.6 Å². The van der Waals surface area contributed by atoms with Crippen LogP contribution >= 0.6 is 0 Å². The second-order valence-corrected chi connectivity index (χ2v) is 8.64. The Balaban J connectivity index is 2.05. The molecule has 130 valence electrons. The fourth-order valence-corrected chi connectivity index (χ4v) is 3.15. The molecule has 24 heavy (non-hydrogen) atoms. The smallest absolute Gasteiger partial charge is 0.213 e. The van der Waals surface area contributed by atoms with Gasteiger partial charge in [-0.05, 0) is 42.0 Å². The third-order valence-corrected chi connectivity index (χ3v) is 5.97. The second-order valence-electron chi connectivity index (χ2n) is 6.32. The standard InChI is InChI=1S/C19H25NO3S/c1-14(2)24(22,23)20-12-15(3)17-8-10-19(11-9-17)18-6-4-16(13-21)5-7-18/h4-11,14-15,20-21H,12-13H2,1-3H3. The molecule has 0 aliphatic rings. The summed E-state index contributed by atoms with van der Waals surface area (Å²) in [5.41, 5.74) is 4.17. The Morgan fingerprint density at radius 2 is 1.42 bits per heavy atom. The van der Waals surface area contributed by atoms with Crippen molar-refractivity contribution in [3.8, 4) is 11.1 Å². The van der Waals surface area contributed by atoms with E-state index in [9.17, 15) is 8.42 Å². The molecule has 2 aromatic carbocycles. The average Bonchev–Trinajstić information content (AvgIpc) is 2.60. The van der Waals surface area contributed by atoms with Gasteiger partial charge in [-0.15, -0.1) is 0 Å². The summed E-state index contributed by atoms with van der Waals surface area (Å²) in [5.74, 6) is 0.101. The van der Waals surface area contributed by atoms with Gasteiger partial charge in [-0.25, -0.2) is 13.1 Å². The molecule has 0 aromatic heterocycles. The lowest BCUT2D eigenvalue weighted by molar-refractivity contribution is 0.282. The molecule has 2 N–H and O–H groups in total. The monoisotopic (exact) mass is 347 g/mol. The van der Waals surface area contributed by atoms with Crippen LogP contribution in [0.2, 0.25) is 0 Å². The lowest BCUT2D eigenvalue weighted by Crippen LogP contribution is -2.33. The zero-order valence-corrected chi connectivity index (χ0v) is 15.2. The molecule has 0 heterocycles. The first-order valence-corrected chi connectivity index (χ1v) is 9.66. The van der Waals surface area contributed by atoms with Crippen LogP contribution in [0.25, 0.3) is 11.1 Å². The van der Waals surface area contributed by atoms with Crippen LogP contribution in [0.5, 0.6) is 0 Å². The van der Waals surface area contributed by atoms with Crippen molar-refractivity contribution in [2.24, 2.45) is 0 Å². The van der Waals surface area contributed by atoms with E-state index in [2.05, 4.69) is 4.72 Å². The minimum Gasteiger partial charge on any atom is -0.392 e. The highest BCUT2D eigenvalue weighted by atomic mass is 32.2. The van der Waals surface area contributed by atoms with Crippen molar-refractivity contribution in [3.63, 3.8) is 0 Å². The molecule has 0 spiro atoms. The molecule has 5 heteroatoms. The molecule has 0 aliphatic carbocycles. The summed E-state index contributed by atoms with van der Waals surface area (Å²) in [7, 11) is -3.23. The Labute approximate surface area is 144 Å². The van der Waals surface area contributed by atoms with Crippen molar-refractivity contribution in [1.29, 1.82) is 0 Å². The van der Waals surface area contributed by atoms with Gasteiger partial charge in [0.05, 0.1) is 11.9 Å². The van der Waals surface area contributed by atoms with Crippen LogP contribution in [0.3, 0.4) is 0 Å². The summed E-state index contributed by atoms with van der Waals surface area (Å²) < 4.78 is 26.3. The van der Waals surface area contributed by atoms with E-state index in [0.717, 1.165) is 22.3 Å². The van der Waals surface area contributed by atoms with Crippen LogP contribution in [0, 0.1) is 0 Å². The predicted octanol–water partition coefficient (Wildman–Crippen LogP) is 3.28. The van der Waals surface area contributed by atoms with Gasteiger partial charge in [-0.2, -0.15) is 0 Å². The number of hydrogen-bond donors (Lipinski definition) is 2. The Morgan fingerprint density at radius 1 is 0.917 bits per heavy atom. The third-order valence-electron chi connectivity index (χ3n) is 4.16. The molecule has 0 aliphatic heterocycles. The highest BCUT2D eigenvalue weighted by molar-refractivity contribution is 7.90. The van der Waals surface area contributed by atoms with Crippen LogP contribution < -0.4 is 4.72 Å². The van der Waals surface area contributed by atoms with Gasteiger partial charge in [0, 0.05) is 6.54 Å². The molecule has 0 saturated carbocycles. The molecule has 1 unspecified atom stereocenters. The number of aliphatic hydroxyl groups excluding tert-OH is 1. The molecule has 0 saturated heterocycles. The molecule has 4 nitrogen and oxygen atoms in total.